The molecule has 15 heavy (non-hydrogen) atoms. The molecule has 0 saturated carbocycles. The summed E-state index contributed by atoms with van der Waals surface area (Å²) in [4.78, 5) is 23.8. The van der Waals surface area contributed by atoms with Crippen LogP contribution in [0.3, 0.4) is 0 Å². The number of hydrogen-bond donors (Lipinski definition) is 0. The monoisotopic (exact) mass is 213 g/mol. The van der Waals surface area contributed by atoms with Crippen molar-refractivity contribution in [2.75, 3.05) is 13.1 Å². The van der Waals surface area contributed by atoms with Gasteiger partial charge in [-0.25, -0.2) is 0 Å². The van der Waals surface area contributed by atoms with Crippen LogP contribution < -0.4 is 0 Å². The first kappa shape index (κ1) is 12.0. The van der Waals surface area contributed by atoms with Crippen molar-refractivity contribution in [1.29, 1.82) is 0 Å². The third-order valence-corrected chi connectivity index (χ3v) is 2.42. The zero-order chi connectivity index (χ0) is 11.5. The number of nitrogens with zero attached hydrogens (tertiary/aromatic N) is 1. The molecule has 0 unspecified atom stereocenters. The topological polar surface area (TPSA) is 46.6 Å². The maximum Gasteiger partial charge on any atom is 0.309 e. The average Bonchev–Trinajstić information content (AvgIpc) is 2.15. The van der Waals surface area contributed by atoms with Crippen LogP contribution in [0.5, 0.6) is 0 Å². The highest BCUT2D eigenvalue weighted by Gasteiger charge is 2.28. The molecule has 0 radical (unpaired) electrons. The maximum atomic E-state index is 11.7. The van der Waals surface area contributed by atoms with Crippen LogP contribution >= 0.6 is 0 Å². The number of rotatable bonds is 2. The fourth-order valence-electron chi connectivity index (χ4n) is 1.63. The standard InChI is InChI=1S/C11H19NO3/c1-11(2,3)15-10(14)9-4-6-12(8-13)7-5-9/h8-9H,4-7H2,1-3H3. The van der Waals surface area contributed by atoms with Gasteiger partial charge in [-0.3, -0.25) is 9.59 Å². The third-order valence-electron chi connectivity index (χ3n) is 2.42. The zero-order valence-electron chi connectivity index (χ0n) is 9.66. The van der Waals surface area contributed by atoms with Crippen LogP contribution in [0.2, 0.25) is 0 Å². The van der Waals surface area contributed by atoms with E-state index in [1.807, 2.05) is 20.8 Å². The molecule has 0 N–H and O–H groups in total. The van der Waals surface area contributed by atoms with E-state index in [-0.39, 0.29) is 11.9 Å². The zero-order valence-corrected chi connectivity index (χ0v) is 9.66. The molecule has 0 aromatic rings. The van der Waals surface area contributed by atoms with E-state index < -0.39 is 5.60 Å². The number of carbonyl (C=O) groups excluding carboxylic acids is 2. The van der Waals surface area contributed by atoms with Gasteiger partial charge in [0, 0.05) is 13.1 Å². The van der Waals surface area contributed by atoms with Crippen LogP contribution in [0, 0.1) is 5.92 Å². The Balaban J connectivity index is 2.40. The van der Waals surface area contributed by atoms with Crippen molar-refractivity contribution in [2.24, 2.45) is 5.92 Å². The van der Waals surface area contributed by atoms with E-state index >= 15 is 0 Å². The van der Waals surface area contributed by atoms with Gasteiger partial charge in [-0.2, -0.15) is 0 Å². The third kappa shape index (κ3) is 3.90. The fraction of sp³-hybridized carbons (Fsp3) is 0.818. The highest BCUT2D eigenvalue weighted by molar-refractivity contribution is 5.73. The molecule has 1 heterocycles. The van der Waals surface area contributed by atoms with Crippen LogP contribution in [0.15, 0.2) is 0 Å². The van der Waals surface area contributed by atoms with Crippen LogP contribution in [-0.4, -0.2) is 36.0 Å². The Morgan fingerprint density at radius 2 is 1.87 bits per heavy atom. The predicted octanol–water partition coefficient (Wildman–Crippen LogP) is 1.20. The summed E-state index contributed by atoms with van der Waals surface area (Å²) >= 11 is 0. The van der Waals surface area contributed by atoms with Gasteiger partial charge >= 0.3 is 5.97 Å². The Bertz CT molecular complexity index is 237. The second-order valence-corrected chi connectivity index (χ2v) is 4.95. The molecule has 4 heteroatoms. The second kappa shape index (κ2) is 4.64. The lowest BCUT2D eigenvalue weighted by Crippen LogP contribution is -2.38. The highest BCUT2D eigenvalue weighted by atomic mass is 16.6. The molecule has 1 aliphatic rings. The summed E-state index contributed by atoms with van der Waals surface area (Å²) in [5.74, 6) is -0.173. The molecule has 0 bridgehead atoms. The Kier molecular flexibility index (Phi) is 3.72. The van der Waals surface area contributed by atoms with Crippen LogP contribution in [0.1, 0.15) is 33.6 Å². The maximum absolute atomic E-state index is 11.7. The van der Waals surface area contributed by atoms with Gasteiger partial charge in [-0.15, -0.1) is 0 Å². The van der Waals surface area contributed by atoms with Crippen LogP contribution in [0.4, 0.5) is 0 Å². The summed E-state index contributed by atoms with van der Waals surface area (Å²) in [6.07, 6.45) is 2.27. The van der Waals surface area contributed by atoms with E-state index in [2.05, 4.69) is 0 Å². The summed E-state index contributed by atoms with van der Waals surface area (Å²) in [6, 6.07) is 0. The Morgan fingerprint density at radius 3 is 2.27 bits per heavy atom. The van der Waals surface area contributed by atoms with Gasteiger partial charge in [0.15, 0.2) is 0 Å². The number of ether oxygens (including phenoxy) is 1. The molecule has 0 spiro atoms. The first-order valence-electron chi connectivity index (χ1n) is 5.34. The Hall–Kier alpha value is -1.06. The number of piperidine rings is 1. The molecule has 1 rings (SSSR count). The Labute approximate surface area is 90.6 Å². The van der Waals surface area contributed by atoms with E-state index in [0.717, 1.165) is 6.41 Å². The van der Waals surface area contributed by atoms with Crippen LogP contribution in [-0.2, 0) is 14.3 Å². The predicted molar refractivity (Wildman–Crippen MR) is 56.2 cm³/mol. The van der Waals surface area contributed by atoms with Crippen molar-refractivity contribution in [2.45, 2.75) is 39.2 Å². The van der Waals surface area contributed by atoms with Crippen molar-refractivity contribution in [1.82, 2.24) is 4.90 Å². The molecular weight excluding hydrogens is 194 g/mol. The van der Waals surface area contributed by atoms with Crippen molar-refractivity contribution in [3.8, 4) is 0 Å². The van der Waals surface area contributed by atoms with Crippen molar-refractivity contribution in [3.63, 3.8) is 0 Å². The summed E-state index contributed by atoms with van der Waals surface area (Å²) in [5.41, 5.74) is -0.418. The fourth-order valence-corrected chi connectivity index (χ4v) is 1.63. The van der Waals surface area contributed by atoms with Gasteiger partial charge in [-0.1, -0.05) is 0 Å². The first-order chi connectivity index (χ1) is 6.92. The Morgan fingerprint density at radius 1 is 1.33 bits per heavy atom. The van der Waals surface area contributed by atoms with E-state index in [9.17, 15) is 9.59 Å². The van der Waals surface area contributed by atoms with Gasteiger partial charge in [0.1, 0.15) is 5.60 Å². The lowest BCUT2D eigenvalue weighted by molar-refractivity contribution is -0.162. The molecule has 86 valence electrons. The van der Waals surface area contributed by atoms with E-state index in [1.54, 1.807) is 4.90 Å². The van der Waals surface area contributed by atoms with Gasteiger partial charge < -0.3 is 9.64 Å². The van der Waals surface area contributed by atoms with Crippen molar-refractivity contribution in [3.05, 3.63) is 0 Å². The number of amides is 1. The molecule has 1 amide bonds. The van der Waals surface area contributed by atoms with Crippen LogP contribution in [0.25, 0.3) is 0 Å². The molecule has 1 saturated heterocycles. The number of carbonyl (C=O) groups is 2. The molecule has 1 aliphatic heterocycles. The van der Waals surface area contributed by atoms with Crippen molar-refractivity contribution >= 4 is 12.4 Å². The van der Waals surface area contributed by atoms with Gasteiger partial charge in [0.05, 0.1) is 5.92 Å². The molecule has 0 aliphatic carbocycles. The number of likely N-dealkylation sites (tertiary alicyclic amines) is 1. The molecule has 0 atom stereocenters. The molecule has 0 aromatic heterocycles. The molecule has 1 fully saturated rings. The number of hydrogen-bond acceptors (Lipinski definition) is 3. The van der Waals surface area contributed by atoms with E-state index in [1.165, 1.54) is 0 Å². The molecular formula is C11H19NO3. The lowest BCUT2D eigenvalue weighted by atomic mass is 9.97. The summed E-state index contributed by atoms with van der Waals surface area (Å²) in [7, 11) is 0. The molecule has 0 aromatic carbocycles. The smallest absolute Gasteiger partial charge is 0.309 e. The lowest BCUT2D eigenvalue weighted by Gasteiger charge is -2.30. The van der Waals surface area contributed by atoms with Gasteiger partial charge in [0.2, 0.25) is 6.41 Å². The largest absolute Gasteiger partial charge is 0.460 e. The number of esters is 1. The highest BCUT2D eigenvalue weighted by Crippen LogP contribution is 2.20. The minimum Gasteiger partial charge on any atom is -0.460 e. The van der Waals surface area contributed by atoms with Gasteiger partial charge in [0.25, 0.3) is 0 Å². The SMILES string of the molecule is CC(C)(C)OC(=O)C1CCN(C=O)CC1. The van der Waals surface area contributed by atoms with E-state index in [0.29, 0.717) is 25.9 Å². The minimum absolute atomic E-state index is 0.0413. The minimum atomic E-state index is -0.418. The summed E-state index contributed by atoms with van der Waals surface area (Å²) in [6.45, 7) is 6.92. The quantitative estimate of drug-likeness (QED) is 0.511. The van der Waals surface area contributed by atoms with Crippen molar-refractivity contribution < 1.29 is 14.3 Å². The summed E-state index contributed by atoms with van der Waals surface area (Å²) in [5, 5.41) is 0. The van der Waals surface area contributed by atoms with Gasteiger partial charge in [-0.05, 0) is 33.6 Å². The average molecular weight is 213 g/mol. The van der Waals surface area contributed by atoms with E-state index in [4.69, 9.17) is 4.74 Å². The summed E-state index contributed by atoms with van der Waals surface area (Å²) < 4.78 is 5.30. The second-order valence-electron chi connectivity index (χ2n) is 4.95. The molecule has 4 nitrogen and oxygen atoms in total. The first-order valence-corrected chi connectivity index (χ1v) is 5.34. The normalized spacial score (nSPS) is 18.7.